The first-order valence-electron chi connectivity index (χ1n) is 11.2. The van der Waals surface area contributed by atoms with E-state index >= 15 is 0 Å². The van der Waals surface area contributed by atoms with Crippen LogP contribution in [0.3, 0.4) is 0 Å². The Morgan fingerprint density at radius 2 is 1.15 bits per heavy atom. The van der Waals surface area contributed by atoms with Gasteiger partial charge < -0.3 is 9.47 Å². The fraction of sp³-hybridized carbons (Fsp3) is 0.900. The van der Waals surface area contributed by atoms with Gasteiger partial charge in [0.1, 0.15) is 0 Å². The third kappa shape index (κ3) is 23.5. The molecule has 0 aliphatic carbocycles. The fourth-order valence-electron chi connectivity index (χ4n) is 2.82. The summed E-state index contributed by atoms with van der Waals surface area (Å²) in [7, 11) is -9.43. The van der Waals surface area contributed by atoms with Gasteiger partial charge in [0.05, 0.1) is 19.6 Å². The molecule has 0 saturated carbocycles. The van der Waals surface area contributed by atoms with Gasteiger partial charge in [0, 0.05) is 0 Å². The zero-order valence-electron chi connectivity index (χ0n) is 19.9. The Kier molecular flexibility index (Phi) is 23.5. The zero-order chi connectivity index (χ0) is 26.1. The summed E-state index contributed by atoms with van der Waals surface area (Å²) in [6.45, 7) is 8.35. The van der Waals surface area contributed by atoms with Gasteiger partial charge in [-0.15, -0.1) is 0 Å². The van der Waals surface area contributed by atoms with Gasteiger partial charge in [-0.2, -0.15) is 16.8 Å². The van der Waals surface area contributed by atoms with E-state index in [1.54, 1.807) is 0 Å². The van der Waals surface area contributed by atoms with E-state index in [4.69, 9.17) is 27.0 Å². The van der Waals surface area contributed by atoms with Crippen molar-refractivity contribution in [2.45, 2.75) is 90.7 Å². The molecule has 3 atom stereocenters. The number of unbranched alkanes of at least 4 members (excludes halogenated alkanes) is 2. The number of carbonyl (C=O) groups excluding carboxylic acids is 2. The van der Waals surface area contributed by atoms with Gasteiger partial charge >= 0.3 is 51.9 Å². The average Bonchev–Trinajstić information content (AvgIpc) is 2.70. The Morgan fingerprint density at radius 1 is 0.765 bits per heavy atom. The van der Waals surface area contributed by atoms with Crippen LogP contribution in [0.4, 0.5) is 0 Å². The average molecular weight is 545 g/mol. The van der Waals surface area contributed by atoms with Crippen molar-refractivity contribution in [2.75, 3.05) is 13.2 Å². The van der Waals surface area contributed by atoms with Crippen molar-refractivity contribution in [2.24, 2.45) is 11.8 Å². The van der Waals surface area contributed by atoms with Crippen LogP contribution in [0.15, 0.2) is 0 Å². The number of ether oxygens (including phenoxy) is 2. The number of hydrogen-bond donors (Lipinski definition) is 3. The SMILES string of the molecule is CCCCC(CC)COC(=O)CC(C(=O)OCC(CC)CCCC)S(=O)(=O)O.O=S(=O)(O)O.[NaH]. The summed E-state index contributed by atoms with van der Waals surface area (Å²) in [4.78, 5) is 24.2. The molecule has 0 bridgehead atoms. The van der Waals surface area contributed by atoms with Gasteiger partial charge in [0.25, 0.3) is 10.1 Å². The summed E-state index contributed by atoms with van der Waals surface area (Å²) in [6, 6.07) is 0. The molecule has 0 rings (SSSR count). The van der Waals surface area contributed by atoms with Crippen molar-refractivity contribution >= 4 is 62.0 Å². The summed E-state index contributed by atoms with van der Waals surface area (Å²) in [5, 5.41) is -1.95. The molecule has 3 N–H and O–H groups in total. The number of hydrogen-bond acceptors (Lipinski definition) is 8. The topological polar surface area (TPSA) is 182 Å². The Balaban J connectivity index is -0.00000144. The Morgan fingerprint density at radius 3 is 1.47 bits per heavy atom. The predicted molar refractivity (Wildman–Crippen MR) is 130 cm³/mol. The third-order valence-corrected chi connectivity index (χ3v) is 6.08. The van der Waals surface area contributed by atoms with Crippen LogP contribution < -0.4 is 0 Å². The second-order valence-corrected chi connectivity index (χ2v) is 10.3. The van der Waals surface area contributed by atoms with Gasteiger partial charge in [-0.05, 0) is 24.7 Å². The first kappa shape index (κ1) is 38.3. The van der Waals surface area contributed by atoms with Crippen LogP contribution in [-0.4, -0.2) is 90.5 Å². The standard InChI is InChI=1S/C20H38O7S.Na.H2O4S.H/c1-5-9-11-16(7-3)14-26-19(21)13-18(28(23,24)25)20(22)27-15-17(8-4)12-10-6-2;;1-5(2,3)4;/h16-18H,5-15H2,1-4H3,(H,23,24,25);;(H2,1,2,3,4);. The molecule has 0 heterocycles. The molecule has 0 amide bonds. The molecular weight excluding hydrogens is 503 g/mol. The van der Waals surface area contributed by atoms with E-state index in [1.165, 1.54) is 0 Å². The maximum atomic E-state index is 12.2. The quantitative estimate of drug-likeness (QED) is 0.148. The van der Waals surface area contributed by atoms with Crippen molar-refractivity contribution in [1.29, 1.82) is 0 Å². The zero-order valence-corrected chi connectivity index (χ0v) is 21.6. The minimum absolute atomic E-state index is 0. The maximum absolute atomic E-state index is 12.2. The van der Waals surface area contributed by atoms with E-state index in [9.17, 15) is 22.6 Å². The monoisotopic (exact) mass is 544 g/mol. The van der Waals surface area contributed by atoms with E-state index in [1.807, 2.05) is 13.8 Å². The normalized spacial score (nSPS) is 14.0. The summed E-state index contributed by atoms with van der Waals surface area (Å²) in [5.74, 6) is -1.61. The molecule has 34 heavy (non-hydrogen) atoms. The molecule has 11 nitrogen and oxygen atoms in total. The van der Waals surface area contributed by atoms with E-state index in [0.717, 1.165) is 51.4 Å². The van der Waals surface area contributed by atoms with Crippen LogP contribution in [-0.2, 0) is 39.6 Å². The molecule has 0 aliphatic rings. The number of esters is 2. The van der Waals surface area contributed by atoms with Crippen LogP contribution in [0.5, 0.6) is 0 Å². The molecule has 200 valence electrons. The summed E-state index contributed by atoms with van der Waals surface area (Å²) >= 11 is 0. The molecular formula is C20H41NaO11S2. The first-order valence-corrected chi connectivity index (χ1v) is 14.1. The van der Waals surface area contributed by atoms with Crippen molar-refractivity contribution in [3.05, 3.63) is 0 Å². The molecule has 0 aliphatic heterocycles. The van der Waals surface area contributed by atoms with E-state index < -0.39 is 44.1 Å². The third-order valence-electron chi connectivity index (χ3n) is 5.00. The van der Waals surface area contributed by atoms with Crippen molar-refractivity contribution in [1.82, 2.24) is 0 Å². The van der Waals surface area contributed by atoms with Gasteiger partial charge in [0.2, 0.25) is 0 Å². The Labute approximate surface area is 226 Å². The van der Waals surface area contributed by atoms with Crippen LogP contribution in [0.2, 0.25) is 0 Å². The fourth-order valence-corrected chi connectivity index (χ4v) is 3.48. The molecule has 0 aromatic carbocycles. The molecule has 3 unspecified atom stereocenters. The van der Waals surface area contributed by atoms with E-state index in [0.29, 0.717) is 0 Å². The minimum atomic E-state index is -4.76. The second kappa shape index (κ2) is 20.9. The van der Waals surface area contributed by atoms with Gasteiger partial charge in [0.15, 0.2) is 5.25 Å². The van der Waals surface area contributed by atoms with Crippen molar-refractivity contribution in [3.8, 4) is 0 Å². The summed E-state index contributed by atoms with van der Waals surface area (Å²) in [5.41, 5.74) is 0. The van der Waals surface area contributed by atoms with Gasteiger partial charge in [-0.3, -0.25) is 23.2 Å². The molecule has 0 aromatic heterocycles. The van der Waals surface area contributed by atoms with Gasteiger partial charge in [-0.1, -0.05) is 66.2 Å². The predicted octanol–water partition coefficient (Wildman–Crippen LogP) is 2.85. The molecule has 0 fully saturated rings. The van der Waals surface area contributed by atoms with Crippen LogP contribution in [0, 0.1) is 11.8 Å². The van der Waals surface area contributed by atoms with Crippen LogP contribution in [0.25, 0.3) is 0 Å². The molecule has 14 heteroatoms. The van der Waals surface area contributed by atoms with Crippen molar-refractivity contribution in [3.63, 3.8) is 0 Å². The van der Waals surface area contributed by atoms with Crippen molar-refractivity contribution < 1.29 is 49.6 Å². The Bertz CT molecular complexity index is 746. The first-order chi connectivity index (χ1) is 15.2. The summed E-state index contributed by atoms with van der Waals surface area (Å²) in [6.07, 6.45) is 6.74. The summed E-state index contributed by atoms with van der Waals surface area (Å²) < 4.78 is 74.3. The van der Waals surface area contributed by atoms with Gasteiger partial charge in [-0.25, -0.2) is 0 Å². The van der Waals surface area contributed by atoms with Crippen LogP contribution >= 0.6 is 0 Å². The molecule has 0 radical (unpaired) electrons. The molecule has 0 saturated heterocycles. The van der Waals surface area contributed by atoms with Crippen LogP contribution in [0.1, 0.15) is 85.5 Å². The van der Waals surface area contributed by atoms with E-state index in [2.05, 4.69) is 13.8 Å². The number of rotatable bonds is 16. The Hall–Kier alpha value is -0.280. The second-order valence-electron chi connectivity index (χ2n) is 7.80. The van der Waals surface area contributed by atoms with E-state index in [-0.39, 0.29) is 54.6 Å². The molecule has 0 aromatic rings. The number of carbonyl (C=O) groups is 2. The molecule has 0 spiro atoms.